The van der Waals surface area contributed by atoms with Gasteiger partial charge in [-0.25, -0.2) is 0 Å². The third-order valence-corrected chi connectivity index (χ3v) is 6.17. The van der Waals surface area contributed by atoms with E-state index in [9.17, 15) is 5.11 Å². The summed E-state index contributed by atoms with van der Waals surface area (Å²) in [6.45, 7) is 5.85. The Kier molecular flexibility index (Phi) is 4.54. The zero-order valence-corrected chi connectivity index (χ0v) is 18.1. The van der Waals surface area contributed by atoms with Crippen molar-refractivity contribution >= 4 is 51.2 Å². The fourth-order valence-corrected chi connectivity index (χ4v) is 4.66. The van der Waals surface area contributed by atoms with Gasteiger partial charge >= 0.3 is 0 Å². The number of nitriles is 1. The SMILES string of the molecule is Cc1nn(C)c2ccc(N3C(=S)N(c4ccc(C#N)c(Cl)c4)C(O)C3(C)C)cc12. The lowest BCUT2D eigenvalue weighted by Gasteiger charge is -2.33. The fourth-order valence-electron chi connectivity index (χ4n) is 3.90. The lowest BCUT2D eigenvalue weighted by molar-refractivity contribution is 0.130. The highest BCUT2D eigenvalue weighted by atomic mass is 35.5. The second kappa shape index (κ2) is 6.70. The van der Waals surface area contributed by atoms with Gasteiger partial charge in [-0.05, 0) is 69.4 Å². The van der Waals surface area contributed by atoms with Crippen LogP contribution in [-0.4, -0.2) is 31.8 Å². The number of fused-ring (bicyclic) bond motifs is 1. The van der Waals surface area contributed by atoms with Crippen molar-refractivity contribution in [3.8, 4) is 6.07 Å². The number of benzene rings is 2. The molecule has 3 aromatic rings. The molecule has 0 radical (unpaired) electrons. The predicted molar refractivity (Wildman–Crippen MR) is 119 cm³/mol. The largest absolute Gasteiger partial charge is 0.371 e. The van der Waals surface area contributed by atoms with E-state index >= 15 is 0 Å². The molecule has 1 atom stereocenters. The molecule has 1 fully saturated rings. The van der Waals surface area contributed by atoms with Gasteiger partial charge in [0.15, 0.2) is 11.3 Å². The highest BCUT2D eigenvalue weighted by Crippen LogP contribution is 2.40. The first-order valence-corrected chi connectivity index (χ1v) is 9.90. The Bertz CT molecular complexity index is 1200. The molecule has 4 rings (SSSR count). The van der Waals surface area contributed by atoms with Gasteiger partial charge in [-0.1, -0.05) is 11.6 Å². The first-order chi connectivity index (χ1) is 13.7. The Labute approximate surface area is 179 Å². The van der Waals surface area contributed by atoms with E-state index in [0.717, 1.165) is 22.3 Å². The molecule has 1 aliphatic rings. The van der Waals surface area contributed by atoms with E-state index in [1.54, 1.807) is 23.1 Å². The summed E-state index contributed by atoms with van der Waals surface area (Å²) in [5.41, 5.74) is 3.17. The lowest BCUT2D eigenvalue weighted by Crippen LogP contribution is -2.47. The van der Waals surface area contributed by atoms with E-state index in [1.807, 2.05) is 61.7 Å². The Morgan fingerprint density at radius 2 is 1.90 bits per heavy atom. The number of aliphatic hydroxyl groups is 1. The second-order valence-corrected chi connectivity index (χ2v) is 8.47. The van der Waals surface area contributed by atoms with E-state index in [2.05, 4.69) is 5.10 Å². The number of rotatable bonds is 2. The number of anilines is 2. The fraction of sp³-hybridized carbons (Fsp3) is 0.286. The van der Waals surface area contributed by atoms with Crippen LogP contribution in [0.3, 0.4) is 0 Å². The summed E-state index contributed by atoms with van der Waals surface area (Å²) in [6, 6.07) is 13.1. The first-order valence-electron chi connectivity index (χ1n) is 9.11. The monoisotopic (exact) mass is 425 g/mol. The van der Waals surface area contributed by atoms with Crippen LogP contribution in [0.1, 0.15) is 25.1 Å². The Morgan fingerprint density at radius 1 is 1.21 bits per heavy atom. The molecule has 6 nitrogen and oxygen atoms in total. The minimum Gasteiger partial charge on any atom is -0.371 e. The second-order valence-electron chi connectivity index (χ2n) is 7.70. The minimum absolute atomic E-state index is 0.323. The maximum atomic E-state index is 11.1. The summed E-state index contributed by atoms with van der Waals surface area (Å²) in [7, 11) is 1.92. The molecule has 148 valence electrons. The topological polar surface area (TPSA) is 68.3 Å². The summed E-state index contributed by atoms with van der Waals surface area (Å²) >= 11 is 12.0. The van der Waals surface area contributed by atoms with Crippen molar-refractivity contribution in [1.29, 1.82) is 5.26 Å². The van der Waals surface area contributed by atoms with Crippen molar-refractivity contribution in [3.63, 3.8) is 0 Å². The average Bonchev–Trinajstić information content (AvgIpc) is 3.04. The lowest BCUT2D eigenvalue weighted by atomic mass is 10.0. The van der Waals surface area contributed by atoms with Crippen LogP contribution in [0.2, 0.25) is 5.02 Å². The molecule has 1 saturated heterocycles. The van der Waals surface area contributed by atoms with E-state index in [-0.39, 0.29) is 0 Å². The minimum atomic E-state index is -0.898. The summed E-state index contributed by atoms with van der Waals surface area (Å²) in [5.74, 6) is 0. The quantitative estimate of drug-likeness (QED) is 0.623. The molecule has 2 aromatic carbocycles. The molecule has 0 saturated carbocycles. The van der Waals surface area contributed by atoms with Crippen LogP contribution in [0.4, 0.5) is 11.4 Å². The van der Waals surface area contributed by atoms with Crippen molar-refractivity contribution in [2.24, 2.45) is 7.05 Å². The number of hydrogen-bond donors (Lipinski definition) is 1. The van der Waals surface area contributed by atoms with Crippen molar-refractivity contribution in [2.75, 3.05) is 9.80 Å². The van der Waals surface area contributed by atoms with Gasteiger partial charge in [0.1, 0.15) is 6.07 Å². The van der Waals surface area contributed by atoms with Crippen molar-refractivity contribution in [2.45, 2.75) is 32.5 Å². The zero-order valence-electron chi connectivity index (χ0n) is 16.5. The van der Waals surface area contributed by atoms with Crippen LogP contribution >= 0.6 is 23.8 Å². The maximum Gasteiger partial charge on any atom is 0.183 e. The van der Waals surface area contributed by atoms with Gasteiger partial charge in [0.25, 0.3) is 0 Å². The van der Waals surface area contributed by atoms with Gasteiger partial charge in [-0.3, -0.25) is 9.58 Å². The molecule has 0 amide bonds. The normalized spacial score (nSPS) is 18.5. The van der Waals surface area contributed by atoms with E-state index in [4.69, 9.17) is 29.1 Å². The molecule has 0 spiro atoms. The van der Waals surface area contributed by atoms with E-state index in [0.29, 0.717) is 21.4 Å². The molecular formula is C21H20ClN5OS. The number of aromatic nitrogens is 2. The van der Waals surface area contributed by atoms with Gasteiger partial charge in [0, 0.05) is 23.8 Å². The Balaban J connectivity index is 1.81. The Morgan fingerprint density at radius 3 is 2.55 bits per heavy atom. The zero-order chi connectivity index (χ0) is 21.1. The molecule has 1 N–H and O–H groups in total. The van der Waals surface area contributed by atoms with Gasteiger partial charge in [0.2, 0.25) is 0 Å². The van der Waals surface area contributed by atoms with Crippen LogP contribution < -0.4 is 9.80 Å². The molecular weight excluding hydrogens is 406 g/mol. The van der Waals surface area contributed by atoms with E-state index in [1.165, 1.54) is 0 Å². The van der Waals surface area contributed by atoms with Gasteiger partial charge in [0.05, 0.1) is 27.3 Å². The van der Waals surface area contributed by atoms with Gasteiger partial charge in [-0.15, -0.1) is 0 Å². The summed E-state index contributed by atoms with van der Waals surface area (Å²) in [6.07, 6.45) is -0.898. The summed E-state index contributed by atoms with van der Waals surface area (Å²) in [5, 5.41) is 26.6. The number of aryl methyl sites for hydroxylation is 2. The van der Waals surface area contributed by atoms with Crippen molar-refractivity contribution < 1.29 is 5.11 Å². The van der Waals surface area contributed by atoms with Crippen molar-refractivity contribution in [3.05, 3.63) is 52.7 Å². The molecule has 1 aromatic heterocycles. The van der Waals surface area contributed by atoms with Crippen molar-refractivity contribution in [1.82, 2.24) is 9.78 Å². The molecule has 1 unspecified atom stereocenters. The van der Waals surface area contributed by atoms with E-state index < -0.39 is 11.8 Å². The molecule has 2 heterocycles. The number of halogens is 1. The number of aliphatic hydroxyl groups excluding tert-OH is 1. The predicted octanol–water partition coefficient (Wildman–Crippen LogP) is 4.12. The van der Waals surface area contributed by atoms with Crippen LogP contribution in [0.5, 0.6) is 0 Å². The highest BCUT2D eigenvalue weighted by molar-refractivity contribution is 7.80. The number of thiocarbonyl (C=S) groups is 1. The molecule has 29 heavy (non-hydrogen) atoms. The van der Waals surface area contributed by atoms with Crippen LogP contribution in [0.15, 0.2) is 36.4 Å². The molecule has 8 heteroatoms. The Hall–Kier alpha value is -2.66. The highest BCUT2D eigenvalue weighted by Gasteiger charge is 2.50. The first kappa shape index (κ1) is 19.6. The summed E-state index contributed by atoms with van der Waals surface area (Å²) < 4.78 is 1.85. The summed E-state index contributed by atoms with van der Waals surface area (Å²) in [4.78, 5) is 3.62. The molecule has 1 aliphatic heterocycles. The molecule has 0 bridgehead atoms. The molecule has 0 aliphatic carbocycles. The average molecular weight is 426 g/mol. The van der Waals surface area contributed by atoms with Gasteiger partial charge < -0.3 is 10.0 Å². The standard InChI is InChI=1S/C21H20ClN5OS/c1-12-16-9-15(7-8-18(16)25(4)24-12)27-20(29)26(19(28)21(27,2)3)14-6-5-13(11-23)17(22)10-14/h5-10,19,28H,1-4H3. The van der Waals surface area contributed by atoms with Crippen LogP contribution in [-0.2, 0) is 7.05 Å². The maximum absolute atomic E-state index is 11.1. The third kappa shape index (κ3) is 2.87. The smallest absolute Gasteiger partial charge is 0.183 e. The van der Waals surface area contributed by atoms with Crippen LogP contribution in [0.25, 0.3) is 10.9 Å². The van der Waals surface area contributed by atoms with Gasteiger partial charge in [-0.2, -0.15) is 10.4 Å². The number of nitrogens with zero attached hydrogens (tertiary/aromatic N) is 5. The number of hydrogen-bond acceptors (Lipinski definition) is 4. The third-order valence-electron chi connectivity index (χ3n) is 5.48. The van der Waals surface area contributed by atoms with Crippen LogP contribution in [0, 0.1) is 18.3 Å².